The predicted molar refractivity (Wildman–Crippen MR) is 51.2 cm³/mol. The molecule has 0 aromatic rings. The molecule has 0 aliphatic carbocycles. The molecule has 14 heavy (non-hydrogen) atoms. The molecule has 2 saturated heterocycles. The summed E-state index contributed by atoms with van der Waals surface area (Å²) in [5, 5.41) is 9.18. The average Bonchev–Trinajstić information content (AvgIpc) is 2.12. The number of carbonyl (C=O) groups is 1. The lowest BCUT2D eigenvalue weighted by Gasteiger charge is -2.41. The third-order valence-electron chi connectivity index (χ3n) is 3.25. The Labute approximate surface area is 83.8 Å². The molecule has 0 bridgehead atoms. The number of hydrogen-bond acceptors (Lipinski definition) is 3. The van der Waals surface area contributed by atoms with Crippen molar-refractivity contribution in [2.45, 2.75) is 25.3 Å². The summed E-state index contributed by atoms with van der Waals surface area (Å²) in [4.78, 5) is 13.2. The van der Waals surface area contributed by atoms with Crippen LogP contribution < -0.4 is 0 Å². The van der Waals surface area contributed by atoms with Crippen LogP contribution in [0.5, 0.6) is 0 Å². The SMILES string of the molecule is O=C(O)C(C1CCOCC1)N1CCC1. The summed E-state index contributed by atoms with van der Waals surface area (Å²) < 4.78 is 5.25. The first-order chi connectivity index (χ1) is 6.79. The zero-order valence-electron chi connectivity index (χ0n) is 8.32. The molecule has 4 nitrogen and oxygen atoms in total. The van der Waals surface area contributed by atoms with E-state index in [1.54, 1.807) is 0 Å². The lowest BCUT2D eigenvalue weighted by atomic mass is 9.89. The van der Waals surface area contributed by atoms with Crippen molar-refractivity contribution in [2.75, 3.05) is 26.3 Å². The Morgan fingerprint density at radius 3 is 2.43 bits per heavy atom. The van der Waals surface area contributed by atoms with Crippen molar-refractivity contribution in [2.24, 2.45) is 5.92 Å². The highest BCUT2D eigenvalue weighted by Gasteiger charge is 2.36. The van der Waals surface area contributed by atoms with E-state index in [2.05, 4.69) is 4.90 Å². The maximum Gasteiger partial charge on any atom is 0.321 e. The van der Waals surface area contributed by atoms with Gasteiger partial charge in [0.25, 0.3) is 0 Å². The van der Waals surface area contributed by atoms with Crippen LogP contribution in [0.1, 0.15) is 19.3 Å². The van der Waals surface area contributed by atoms with Gasteiger partial charge >= 0.3 is 5.97 Å². The Hall–Kier alpha value is -0.610. The molecular weight excluding hydrogens is 182 g/mol. The van der Waals surface area contributed by atoms with Gasteiger partial charge in [0.15, 0.2) is 0 Å². The van der Waals surface area contributed by atoms with Gasteiger partial charge in [-0.2, -0.15) is 0 Å². The van der Waals surface area contributed by atoms with Crippen LogP contribution in [0.3, 0.4) is 0 Å². The smallest absolute Gasteiger partial charge is 0.321 e. The van der Waals surface area contributed by atoms with E-state index in [0.717, 1.165) is 45.6 Å². The lowest BCUT2D eigenvalue weighted by molar-refractivity contribution is -0.149. The van der Waals surface area contributed by atoms with Crippen molar-refractivity contribution in [1.29, 1.82) is 0 Å². The number of nitrogens with zero attached hydrogens (tertiary/aromatic N) is 1. The lowest BCUT2D eigenvalue weighted by Crippen LogP contribution is -2.53. The summed E-state index contributed by atoms with van der Waals surface area (Å²) in [7, 11) is 0. The van der Waals surface area contributed by atoms with E-state index < -0.39 is 5.97 Å². The van der Waals surface area contributed by atoms with Gasteiger partial charge in [0.1, 0.15) is 6.04 Å². The molecule has 1 atom stereocenters. The maximum absolute atomic E-state index is 11.2. The van der Waals surface area contributed by atoms with E-state index in [0.29, 0.717) is 5.92 Å². The van der Waals surface area contributed by atoms with Crippen molar-refractivity contribution in [3.05, 3.63) is 0 Å². The van der Waals surface area contributed by atoms with Crippen molar-refractivity contribution in [1.82, 2.24) is 4.90 Å². The molecule has 2 aliphatic rings. The number of rotatable bonds is 3. The van der Waals surface area contributed by atoms with E-state index in [4.69, 9.17) is 4.74 Å². The minimum Gasteiger partial charge on any atom is -0.480 e. The van der Waals surface area contributed by atoms with Crippen LogP contribution in [0.2, 0.25) is 0 Å². The molecular formula is C10H17NO3. The molecule has 2 fully saturated rings. The minimum absolute atomic E-state index is 0.257. The Balaban J connectivity index is 1.97. The molecule has 2 aliphatic heterocycles. The molecule has 0 spiro atoms. The quantitative estimate of drug-likeness (QED) is 0.722. The van der Waals surface area contributed by atoms with Crippen LogP contribution in [0, 0.1) is 5.92 Å². The standard InChI is InChI=1S/C10H17NO3/c12-10(13)9(11-4-1-5-11)8-2-6-14-7-3-8/h8-9H,1-7H2,(H,12,13). The van der Waals surface area contributed by atoms with Gasteiger partial charge in [-0.25, -0.2) is 0 Å². The monoisotopic (exact) mass is 199 g/mol. The highest BCUT2D eigenvalue weighted by molar-refractivity contribution is 5.74. The zero-order valence-corrected chi connectivity index (χ0v) is 8.32. The topological polar surface area (TPSA) is 49.8 Å². The summed E-state index contributed by atoms with van der Waals surface area (Å²) in [6.45, 7) is 3.35. The van der Waals surface area contributed by atoms with Gasteiger partial charge in [-0.15, -0.1) is 0 Å². The van der Waals surface area contributed by atoms with Gasteiger partial charge in [0.2, 0.25) is 0 Å². The second-order valence-corrected chi connectivity index (χ2v) is 4.12. The van der Waals surface area contributed by atoms with Gasteiger partial charge in [0, 0.05) is 26.3 Å². The first-order valence-electron chi connectivity index (χ1n) is 5.33. The van der Waals surface area contributed by atoms with Crippen LogP contribution in [-0.4, -0.2) is 48.3 Å². The highest BCUT2D eigenvalue weighted by Crippen LogP contribution is 2.26. The molecule has 2 heterocycles. The van der Waals surface area contributed by atoms with Crippen LogP contribution >= 0.6 is 0 Å². The van der Waals surface area contributed by atoms with Crippen molar-refractivity contribution >= 4 is 5.97 Å². The van der Waals surface area contributed by atoms with E-state index in [-0.39, 0.29) is 6.04 Å². The highest BCUT2D eigenvalue weighted by atomic mass is 16.5. The molecule has 0 amide bonds. The number of ether oxygens (including phenoxy) is 1. The molecule has 0 saturated carbocycles. The van der Waals surface area contributed by atoms with Crippen molar-refractivity contribution in [3.8, 4) is 0 Å². The van der Waals surface area contributed by atoms with Gasteiger partial charge in [-0.05, 0) is 25.2 Å². The average molecular weight is 199 g/mol. The number of likely N-dealkylation sites (tertiary alicyclic amines) is 1. The molecule has 0 radical (unpaired) electrons. The maximum atomic E-state index is 11.2. The normalized spacial score (nSPS) is 26.9. The Morgan fingerprint density at radius 1 is 1.36 bits per heavy atom. The number of hydrogen-bond donors (Lipinski definition) is 1. The Kier molecular flexibility index (Phi) is 3.03. The number of carboxylic acids is 1. The van der Waals surface area contributed by atoms with Crippen LogP contribution in [0.15, 0.2) is 0 Å². The second-order valence-electron chi connectivity index (χ2n) is 4.12. The van der Waals surface area contributed by atoms with Gasteiger partial charge < -0.3 is 9.84 Å². The molecule has 0 aromatic carbocycles. The fraction of sp³-hybridized carbons (Fsp3) is 0.900. The first-order valence-corrected chi connectivity index (χ1v) is 5.33. The fourth-order valence-corrected chi connectivity index (χ4v) is 2.31. The van der Waals surface area contributed by atoms with Gasteiger partial charge in [0.05, 0.1) is 0 Å². The van der Waals surface area contributed by atoms with Crippen molar-refractivity contribution in [3.63, 3.8) is 0 Å². The number of aliphatic carboxylic acids is 1. The molecule has 2 rings (SSSR count). The van der Waals surface area contributed by atoms with Crippen LogP contribution in [-0.2, 0) is 9.53 Å². The molecule has 1 N–H and O–H groups in total. The summed E-state index contributed by atoms with van der Waals surface area (Å²) in [6, 6.07) is -0.257. The second kappa shape index (κ2) is 4.28. The molecule has 80 valence electrons. The van der Waals surface area contributed by atoms with E-state index in [1.807, 2.05) is 0 Å². The van der Waals surface area contributed by atoms with E-state index in [1.165, 1.54) is 0 Å². The third kappa shape index (κ3) is 1.91. The molecule has 1 unspecified atom stereocenters. The van der Waals surface area contributed by atoms with E-state index in [9.17, 15) is 9.90 Å². The summed E-state index contributed by atoms with van der Waals surface area (Å²) >= 11 is 0. The third-order valence-corrected chi connectivity index (χ3v) is 3.25. The van der Waals surface area contributed by atoms with Crippen LogP contribution in [0.25, 0.3) is 0 Å². The Morgan fingerprint density at radius 2 is 2.00 bits per heavy atom. The van der Waals surface area contributed by atoms with Gasteiger partial charge in [-0.1, -0.05) is 0 Å². The molecule has 4 heteroatoms. The fourth-order valence-electron chi connectivity index (χ4n) is 2.31. The molecule has 0 aromatic heterocycles. The summed E-state index contributed by atoms with van der Waals surface area (Å²) in [6.07, 6.45) is 2.94. The predicted octanol–water partition coefficient (Wildman–Crippen LogP) is 0.572. The summed E-state index contributed by atoms with van der Waals surface area (Å²) in [5.41, 5.74) is 0. The summed E-state index contributed by atoms with van der Waals surface area (Å²) in [5.74, 6) is -0.363. The zero-order chi connectivity index (χ0) is 9.97. The number of carboxylic acid groups (broad SMARTS) is 1. The first kappa shape index (κ1) is 9.93. The Bertz CT molecular complexity index is 209. The van der Waals surface area contributed by atoms with Crippen LogP contribution in [0.4, 0.5) is 0 Å². The minimum atomic E-state index is -0.656. The largest absolute Gasteiger partial charge is 0.480 e. The van der Waals surface area contributed by atoms with Crippen molar-refractivity contribution < 1.29 is 14.6 Å². The van der Waals surface area contributed by atoms with E-state index >= 15 is 0 Å². The van der Waals surface area contributed by atoms with Gasteiger partial charge in [-0.3, -0.25) is 9.69 Å².